The molecule has 20 heavy (non-hydrogen) atoms. The molecule has 1 amide bonds. The molecule has 0 aliphatic carbocycles. The molecule has 2 N–H and O–H groups in total. The molecule has 0 aromatic rings. The second-order valence-electron chi connectivity index (χ2n) is 6.91. The van der Waals surface area contributed by atoms with Crippen molar-refractivity contribution in [3.05, 3.63) is 0 Å². The van der Waals surface area contributed by atoms with Crippen LogP contribution in [0.3, 0.4) is 0 Å². The highest BCUT2D eigenvalue weighted by Gasteiger charge is 2.40. The van der Waals surface area contributed by atoms with E-state index in [2.05, 4.69) is 32.6 Å². The van der Waals surface area contributed by atoms with Crippen LogP contribution in [0.15, 0.2) is 0 Å². The lowest BCUT2D eigenvalue weighted by Gasteiger charge is -2.33. The Bertz CT molecular complexity index is 345. The summed E-state index contributed by atoms with van der Waals surface area (Å²) in [5.74, 6) is 0.430. The number of hydrogen-bond donors (Lipinski definition) is 1. The molecule has 4 nitrogen and oxygen atoms in total. The highest BCUT2D eigenvalue weighted by molar-refractivity contribution is 5.82. The van der Waals surface area contributed by atoms with Crippen LogP contribution in [0.1, 0.15) is 53.4 Å². The van der Waals surface area contributed by atoms with Gasteiger partial charge >= 0.3 is 0 Å². The standard InChI is InChI=1S/C16H31N3O/c1-5-12(4)15(17)16(20)18-9-8-13-6-7-14(10-18)19(13)11(2)3/h11-15H,5-10,17H2,1-4H3. The molecule has 2 aliphatic rings. The van der Waals surface area contributed by atoms with Crippen molar-refractivity contribution in [1.82, 2.24) is 9.80 Å². The molecule has 0 aromatic carbocycles. The quantitative estimate of drug-likeness (QED) is 0.855. The van der Waals surface area contributed by atoms with Gasteiger partial charge in [0, 0.05) is 31.2 Å². The normalized spacial score (nSPS) is 30.4. The lowest BCUT2D eigenvalue weighted by Crippen LogP contribution is -2.50. The summed E-state index contributed by atoms with van der Waals surface area (Å²) in [7, 11) is 0. The van der Waals surface area contributed by atoms with Crippen molar-refractivity contribution in [2.45, 2.75) is 77.5 Å². The van der Waals surface area contributed by atoms with Crippen LogP contribution >= 0.6 is 0 Å². The van der Waals surface area contributed by atoms with Crippen LogP contribution in [0.5, 0.6) is 0 Å². The molecule has 2 heterocycles. The first-order valence-corrected chi connectivity index (χ1v) is 8.27. The van der Waals surface area contributed by atoms with E-state index in [9.17, 15) is 4.79 Å². The number of amides is 1. The Labute approximate surface area is 123 Å². The highest BCUT2D eigenvalue weighted by Crippen LogP contribution is 2.32. The number of nitrogens with two attached hydrogens (primary N) is 1. The third-order valence-corrected chi connectivity index (χ3v) is 5.29. The number of fused-ring (bicyclic) bond motifs is 2. The Balaban J connectivity index is 2.04. The number of likely N-dealkylation sites (tertiary alicyclic amines) is 1. The Morgan fingerprint density at radius 3 is 2.45 bits per heavy atom. The third kappa shape index (κ3) is 3.01. The molecule has 0 radical (unpaired) electrons. The molecule has 2 aliphatic heterocycles. The van der Waals surface area contributed by atoms with E-state index < -0.39 is 0 Å². The molecule has 116 valence electrons. The minimum Gasteiger partial charge on any atom is -0.340 e. The Kier molecular flexibility index (Phi) is 5.08. The van der Waals surface area contributed by atoms with Crippen molar-refractivity contribution in [2.24, 2.45) is 11.7 Å². The average Bonchev–Trinajstić information content (AvgIpc) is 2.71. The molecular formula is C16H31N3O. The van der Waals surface area contributed by atoms with Crippen LogP contribution in [-0.2, 0) is 4.79 Å². The maximum absolute atomic E-state index is 12.6. The second kappa shape index (κ2) is 6.44. The van der Waals surface area contributed by atoms with E-state index in [4.69, 9.17) is 5.73 Å². The van der Waals surface area contributed by atoms with E-state index in [0.717, 1.165) is 25.9 Å². The summed E-state index contributed by atoms with van der Waals surface area (Å²) < 4.78 is 0. The van der Waals surface area contributed by atoms with Gasteiger partial charge in [0.05, 0.1) is 6.04 Å². The van der Waals surface area contributed by atoms with Crippen molar-refractivity contribution in [1.29, 1.82) is 0 Å². The van der Waals surface area contributed by atoms with E-state index in [1.165, 1.54) is 12.8 Å². The van der Waals surface area contributed by atoms with Crippen LogP contribution in [0.2, 0.25) is 0 Å². The fourth-order valence-electron chi connectivity index (χ4n) is 3.86. The molecule has 0 saturated carbocycles. The monoisotopic (exact) mass is 281 g/mol. The van der Waals surface area contributed by atoms with Gasteiger partial charge in [-0.15, -0.1) is 0 Å². The van der Waals surface area contributed by atoms with Gasteiger partial charge in [-0.1, -0.05) is 20.3 Å². The SMILES string of the molecule is CCC(C)C(N)C(=O)N1CCC2CCC(C1)N2C(C)C. The molecule has 2 rings (SSSR count). The zero-order valence-corrected chi connectivity index (χ0v) is 13.5. The zero-order chi connectivity index (χ0) is 14.9. The van der Waals surface area contributed by atoms with Crippen molar-refractivity contribution in [3.63, 3.8) is 0 Å². The number of hydrogen-bond acceptors (Lipinski definition) is 3. The molecule has 0 spiro atoms. The highest BCUT2D eigenvalue weighted by atomic mass is 16.2. The Morgan fingerprint density at radius 1 is 1.20 bits per heavy atom. The van der Waals surface area contributed by atoms with Gasteiger partial charge in [-0.3, -0.25) is 9.69 Å². The van der Waals surface area contributed by atoms with Crippen molar-refractivity contribution < 1.29 is 4.79 Å². The van der Waals surface area contributed by atoms with Gasteiger partial charge in [-0.2, -0.15) is 0 Å². The van der Waals surface area contributed by atoms with Crippen molar-refractivity contribution in [2.75, 3.05) is 13.1 Å². The summed E-state index contributed by atoms with van der Waals surface area (Å²) in [6.07, 6.45) is 4.59. The topological polar surface area (TPSA) is 49.6 Å². The molecule has 0 aromatic heterocycles. The first-order valence-electron chi connectivity index (χ1n) is 8.27. The molecule has 2 bridgehead atoms. The van der Waals surface area contributed by atoms with E-state index in [1.54, 1.807) is 0 Å². The molecule has 4 unspecified atom stereocenters. The summed E-state index contributed by atoms with van der Waals surface area (Å²) in [6.45, 7) is 10.5. The summed E-state index contributed by atoms with van der Waals surface area (Å²) >= 11 is 0. The van der Waals surface area contributed by atoms with Gasteiger partial charge in [0.2, 0.25) is 5.91 Å². The average molecular weight is 281 g/mol. The van der Waals surface area contributed by atoms with E-state index in [1.807, 2.05) is 4.90 Å². The van der Waals surface area contributed by atoms with Crippen LogP contribution in [-0.4, -0.2) is 53.0 Å². The van der Waals surface area contributed by atoms with Crippen LogP contribution in [0, 0.1) is 5.92 Å². The van der Waals surface area contributed by atoms with Gasteiger partial charge in [0.25, 0.3) is 0 Å². The van der Waals surface area contributed by atoms with Gasteiger partial charge < -0.3 is 10.6 Å². The lowest BCUT2D eigenvalue weighted by atomic mass is 9.98. The predicted molar refractivity (Wildman–Crippen MR) is 82.4 cm³/mol. The zero-order valence-electron chi connectivity index (χ0n) is 13.5. The number of rotatable bonds is 4. The number of carbonyl (C=O) groups is 1. The van der Waals surface area contributed by atoms with Gasteiger partial charge in [0.15, 0.2) is 0 Å². The van der Waals surface area contributed by atoms with E-state index in [-0.39, 0.29) is 17.9 Å². The minimum absolute atomic E-state index is 0.163. The minimum atomic E-state index is -0.330. The van der Waals surface area contributed by atoms with Crippen LogP contribution in [0.25, 0.3) is 0 Å². The molecule has 4 heteroatoms. The lowest BCUT2D eigenvalue weighted by molar-refractivity contribution is -0.134. The molecule has 2 fully saturated rings. The summed E-state index contributed by atoms with van der Waals surface area (Å²) in [5, 5.41) is 0. The smallest absolute Gasteiger partial charge is 0.239 e. The first kappa shape index (κ1) is 15.8. The maximum Gasteiger partial charge on any atom is 0.239 e. The Morgan fingerprint density at radius 2 is 1.85 bits per heavy atom. The van der Waals surface area contributed by atoms with Crippen LogP contribution < -0.4 is 5.73 Å². The first-order chi connectivity index (χ1) is 9.45. The van der Waals surface area contributed by atoms with Gasteiger partial charge in [-0.25, -0.2) is 0 Å². The molecule has 4 atom stereocenters. The third-order valence-electron chi connectivity index (χ3n) is 5.29. The van der Waals surface area contributed by atoms with Crippen molar-refractivity contribution in [3.8, 4) is 0 Å². The van der Waals surface area contributed by atoms with Gasteiger partial charge in [-0.05, 0) is 39.0 Å². The fraction of sp³-hybridized carbons (Fsp3) is 0.938. The maximum atomic E-state index is 12.6. The largest absolute Gasteiger partial charge is 0.340 e. The van der Waals surface area contributed by atoms with Crippen LogP contribution in [0.4, 0.5) is 0 Å². The Hall–Kier alpha value is -0.610. The number of carbonyl (C=O) groups excluding carboxylic acids is 1. The van der Waals surface area contributed by atoms with E-state index >= 15 is 0 Å². The van der Waals surface area contributed by atoms with Gasteiger partial charge in [0.1, 0.15) is 0 Å². The second-order valence-corrected chi connectivity index (χ2v) is 6.91. The fourth-order valence-corrected chi connectivity index (χ4v) is 3.86. The number of nitrogens with zero attached hydrogens (tertiary/aromatic N) is 2. The molecular weight excluding hydrogens is 250 g/mol. The predicted octanol–water partition coefficient (Wildman–Crippen LogP) is 1.83. The summed E-state index contributed by atoms with van der Waals surface area (Å²) in [6, 6.07) is 1.45. The van der Waals surface area contributed by atoms with Crippen molar-refractivity contribution >= 4 is 5.91 Å². The summed E-state index contributed by atoms with van der Waals surface area (Å²) in [4.78, 5) is 17.3. The molecule has 2 saturated heterocycles. The van der Waals surface area contributed by atoms with E-state index in [0.29, 0.717) is 18.1 Å². The summed E-state index contributed by atoms with van der Waals surface area (Å²) in [5.41, 5.74) is 6.14.